The Labute approximate surface area is 250 Å². The van der Waals surface area contributed by atoms with E-state index in [1.165, 1.54) is 11.1 Å². The van der Waals surface area contributed by atoms with Gasteiger partial charge in [0.05, 0.1) is 12.7 Å². The van der Waals surface area contributed by atoms with Crippen LogP contribution in [0.3, 0.4) is 0 Å². The summed E-state index contributed by atoms with van der Waals surface area (Å²) in [5, 5.41) is 65.9. The van der Waals surface area contributed by atoms with Gasteiger partial charge in [0.1, 0.15) is 24.4 Å². The van der Waals surface area contributed by atoms with Crippen molar-refractivity contribution in [1.29, 1.82) is 0 Å². The molecule has 13 atom stereocenters. The van der Waals surface area contributed by atoms with Crippen LogP contribution in [-0.2, 0) is 9.53 Å². The Balaban J connectivity index is 1.49. The Morgan fingerprint density at radius 2 is 1.67 bits per heavy atom. The zero-order valence-electron chi connectivity index (χ0n) is 26.0. The van der Waals surface area contributed by atoms with E-state index in [2.05, 4.69) is 26.0 Å². The van der Waals surface area contributed by atoms with Crippen molar-refractivity contribution in [3.05, 3.63) is 34.9 Å². The molecule has 2 fully saturated rings. The van der Waals surface area contributed by atoms with Gasteiger partial charge >= 0.3 is 0 Å². The molecule has 0 amide bonds. The monoisotopic (exact) mass is 588 g/mol. The van der Waals surface area contributed by atoms with Gasteiger partial charge in [0, 0.05) is 12.3 Å². The quantitative estimate of drug-likeness (QED) is 0.266. The van der Waals surface area contributed by atoms with E-state index >= 15 is 0 Å². The van der Waals surface area contributed by atoms with Gasteiger partial charge < -0.3 is 35.4 Å². The van der Waals surface area contributed by atoms with Gasteiger partial charge in [-0.2, -0.15) is 0 Å². The van der Waals surface area contributed by atoms with Crippen LogP contribution < -0.4 is 0 Å². The summed E-state index contributed by atoms with van der Waals surface area (Å²) < 4.78 is 5.79. The fraction of sp³-hybridized carbons (Fsp3) is 0.794. The van der Waals surface area contributed by atoms with E-state index in [9.17, 15) is 35.4 Å². The number of ether oxygens (including phenoxy) is 1. The van der Waals surface area contributed by atoms with Crippen molar-refractivity contribution in [1.82, 2.24) is 0 Å². The molecule has 1 saturated heterocycles. The fourth-order valence-electron chi connectivity index (χ4n) is 9.57. The summed E-state index contributed by atoms with van der Waals surface area (Å²) in [6, 6.07) is 0. The lowest BCUT2D eigenvalue weighted by atomic mass is 9.53. The summed E-state index contributed by atoms with van der Waals surface area (Å²) in [5.74, 6) is -3.28. The predicted molar refractivity (Wildman–Crippen MR) is 158 cm³/mol. The molecule has 8 heteroatoms. The van der Waals surface area contributed by atoms with Crippen LogP contribution in [0, 0.1) is 46.3 Å². The van der Waals surface area contributed by atoms with Crippen LogP contribution in [0.1, 0.15) is 80.1 Å². The summed E-state index contributed by atoms with van der Waals surface area (Å²) in [5.41, 5.74) is 3.79. The molecule has 5 rings (SSSR count). The molecular formula is C34H52O8. The average molecular weight is 589 g/mol. The SMILES string of the molecule is CC(C)C(C)C(C(O)[C@@H](C)[C@H]1CCC2=C3C=CC4=CC(=O)CC[C@]4(C)[C@H]3CC[C@@]21C)C1(O)O[C@H](CO)[C@@H](O)[C@H](O)[C@H]1O. The van der Waals surface area contributed by atoms with Gasteiger partial charge in [-0.25, -0.2) is 0 Å². The molecule has 4 unspecified atom stereocenters. The largest absolute Gasteiger partial charge is 0.394 e. The van der Waals surface area contributed by atoms with Gasteiger partial charge in [0.15, 0.2) is 5.78 Å². The van der Waals surface area contributed by atoms with Gasteiger partial charge in [-0.3, -0.25) is 4.79 Å². The van der Waals surface area contributed by atoms with E-state index in [0.717, 1.165) is 37.7 Å². The van der Waals surface area contributed by atoms with Crippen LogP contribution in [-0.4, -0.2) is 79.3 Å². The molecule has 0 spiro atoms. The summed E-state index contributed by atoms with van der Waals surface area (Å²) in [4.78, 5) is 12.2. The van der Waals surface area contributed by atoms with Gasteiger partial charge in [-0.05, 0) is 89.7 Å². The molecular weight excluding hydrogens is 536 g/mol. The summed E-state index contributed by atoms with van der Waals surface area (Å²) in [6.45, 7) is 11.8. The van der Waals surface area contributed by atoms with Crippen molar-refractivity contribution in [3.8, 4) is 0 Å². The maximum Gasteiger partial charge on any atom is 0.200 e. The highest BCUT2D eigenvalue weighted by Crippen LogP contribution is 2.64. The molecule has 0 aromatic heterocycles. The van der Waals surface area contributed by atoms with E-state index in [0.29, 0.717) is 12.3 Å². The fourth-order valence-corrected chi connectivity index (χ4v) is 9.57. The minimum absolute atomic E-state index is 0.00160. The van der Waals surface area contributed by atoms with E-state index in [1.807, 2.05) is 33.8 Å². The zero-order chi connectivity index (χ0) is 30.9. The van der Waals surface area contributed by atoms with Crippen molar-refractivity contribution < 1.29 is 40.2 Å². The van der Waals surface area contributed by atoms with E-state index < -0.39 is 48.8 Å². The zero-order valence-corrected chi connectivity index (χ0v) is 26.0. The number of carbonyl (C=O) groups excluding carboxylic acids is 1. The van der Waals surface area contributed by atoms with Gasteiger partial charge in [-0.15, -0.1) is 0 Å². The van der Waals surface area contributed by atoms with Gasteiger partial charge in [-0.1, -0.05) is 59.3 Å². The molecule has 4 aliphatic carbocycles. The first-order valence-electron chi connectivity index (χ1n) is 16.0. The third kappa shape index (κ3) is 4.72. The highest BCUT2D eigenvalue weighted by Gasteiger charge is 2.61. The maximum atomic E-state index is 12.2. The smallest absolute Gasteiger partial charge is 0.200 e. The summed E-state index contributed by atoms with van der Waals surface area (Å²) >= 11 is 0. The van der Waals surface area contributed by atoms with Crippen LogP contribution in [0.15, 0.2) is 34.9 Å². The Bertz CT molecular complexity index is 1160. The third-order valence-electron chi connectivity index (χ3n) is 12.6. The molecule has 0 radical (unpaired) electrons. The van der Waals surface area contributed by atoms with Crippen molar-refractivity contribution in [3.63, 3.8) is 0 Å². The van der Waals surface area contributed by atoms with Crippen LogP contribution in [0.2, 0.25) is 0 Å². The number of hydrogen-bond donors (Lipinski definition) is 6. The highest BCUT2D eigenvalue weighted by atomic mass is 16.7. The van der Waals surface area contributed by atoms with Crippen LogP contribution >= 0.6 is 0 Å². The predicted octanol–water partition coefficient (Wildman–Crippen LogP) is 3.04. The van der Waals surface area contributed by atoms with Crippen molar-refractivity contribution >= 4 is 5.78 Å². The van der Waals surface area contributed by atoms with Gasteiger partial charge in [0.25, 0.3) is 0 Å². The minimum atomic E-state index is -2.37. The molecule has 0 aromatic carbocycles. The Morgan fingerprint density at radius 1 is 0.976 bits per heavy atom. The van der Waals surface area contributed by atoms with Gasteiger partial charge in [0.2, 0.25) is 5.79 Å². The number of aliphatic hydroxyl groups is 6. The number of carbonyl (C=O) groups is 1. The number of allylic oxidation sites excluding steroid dienone is 6. The maximum absolute atomic E-state index is 12.2. The topological polar surface area (TPSA) is 148 Å². The first kappa shape index (κ1) is 32.0. The Kier molecular flexibility index (Phi) is 8.54. The lowest BCUT2D eigenvalue weighted by molar-refractivity contribution is -0.383. The molecule has 42 heavy (non-hydrogen) atoms. The van der Waals surface area contributed by atoms with Crippen molar-refractivity contribution in [2.75, 3.05) is 6.61 Å². The number of ketones is 1. The molecule has 8 nitrogen and oxygen atoms in total. The lowest BCUT2D eigenvalue weighted by Crippen LogP contribution is -2.70. The molecule has 5 aliphatic rings. The van der Waals surface area contributed by atoms with E-state index in [1.54, 1.807) is 0 Å². The number of fused-ring (bicyclic) bond motifs is 4. The molecule has 1 saturated carbocycles. The Hall–Kier alpha value is -1.39. The third-order valence-corrected chi connectivity index (χ3v) is 12.6. The second-order valence-electron chi connectivity index (χ2n) is 14.9. The molecule has 6 N–H and O–H groups in total. The average Bonchev–Trinajstić information content (AvgIpc) is 3.31. The molecule has 0 bridgehead atoms. The second-order valence-corrected chi connectivity index (χ2v) is 14.9. The van der Waals surface area contributed by atoms with Crippen LogP contribution in [0.25, 0.3) is 0 Å². The van der Waals surface area contributed by atoms with Crippen molar-refractivity contribution in [2.45, 2.75) is 116 Å². The standard InChI is InChI=1S/C34H52O8/c1-17(2)18(3)27(34(41)31(40)30(39)29(38)26(16-35)42-34)28(37)19(4)23-9-10-24-22-8-7-20-15-21(36)11-13-32(20,5)25(22)12-14-33(23,24)6/h7-8,15,17-19,23,25-31,35,37-41H,9-14,16H2,1-6H3/t18?,19-,23+,25-,26+,27?,28?,29+,30-,31+,32-,33+,34?/m0/s1. The second kappa shape index (κ2) is 11.2. The number of rotatable bonds is 7. The van der Waals surface area contributed by atoms with Crippen molar-refractivity contribution in [2.24, 2.45) is 46.3 Å². The van der Waals surface area contributed by atoms with E-state index in [4.69, 9.17) is 4.74 Å². The molecule has 0 aromatic rings. The summed E-state index contributed by atoms with van der Waals surface area (Å²) in [7, 11) is 0. The minimum Gasteiger partial charge on any atom is -0.394 e. The normalized spacial score (nSPS) is 44.7. The highest BCUT2D eigenvalue weighted by molar-refractivity contribution is 5.92. The lowest BCUT2D eigenvalue weighted by Gasteiger charge is -2.54. The van der Waals surface area contributed by atoms with Crippen LogP contribution in [0.4, 0.5) is 0 Å². The Morgan fingerprint density at radius 3 is 2.31 bits per heavy atom. The number of aliphatic hydroxyl groups excluding tert-OH is 5. The van der Waals surface area contributed by atoms with Crippen LogP contribution in [0.5, 0.6) is 0 Å². The first-order valence-corrected chi connectivity index (χ1v) is 16.0. The first-order chi connectivity index (χ1) is 19.6. The number of hydrogen-bond acceptors (Lipinski definition) is 8. The summed E-state index contributed by atoms with van der Waals surface area (Å²) in [6.07, 6.45) is 3.86. The molecule has 1 aliphatic heterocycles. The van der Waals surface area contributed by atoms with E-state index in [-0.39, 0.29) is 40.3 Å². The molecule has 1 heterocycles. The molecule has 236 valence electrons.